The van der Waals surface area contributed by atoms with Crippen molar-refractivity contribution in [2.45, 2.75) is 78.1 Å². The molecule has 0 N–H and O–H groups in total. The fraction of sp³-hybridized carbons (Fsp3) is 0.520. The van der Waals surface area contributed by atoms with E-state index < -0.39 is 29.2 Å². The maximum absolute atomic E-state index is 13.8. The van der Waals surface area contributed by atoms with Crippen molar-refractivity contribution in [1.82, 2.24) is 0 Å². The first kappa shape index (κ1) is 26.1. The monoisotopic (exact) mass is 460 g/mol. The van der Waals surface area contributed by atoms with Crippen molar-refractivity contribution >= 4 is 0 Å². The lowest BCUT2D eigenvalue weighted by Gasteiger charge is -2.24. The molecule has 0 fully saturated rings. The lowest BCUT2D eigenvalue weighted by molar-refractivity contribution is -0.163. The molecule has 0 bridgehead atoms. The van der Waals surface area contributed by atoms with Gasteiger partial charge in [0, 0.05) is 0 Å². The molecule has 0 amide bonds. The second-order valence-electron chi connectivity index (χ2n) is 7.98. The van der Waals surface area contributed by atoms with Crippen molar-refractivity contribution in [3.8, 4) is 5.75 Å². The van der Waals surface area contributed by atoms with Crippen molar-refractivity contribution in [1.29, 1.82) is 0 Å². The average Bonchev–Trinajstić information content (AvgIpc) is 2.69. The Balaban J connectivity index is 2.31. The second-order valence-corrected chi connectivity index (χ2v) is 7.98. The highest BCUT2D eigenvalue weighted by molar-refractivity contribution is 5.52. The van der Waals surface area contributed by atoms with Crippen LogP contribution in [0, 0.1) is 6.92 Å². The third-order valence-corrected chi connectivity index (χ3v) is 5.49. The summed E-state index contributed by atoms with van der Waals surface area (Å²) < 4.78 is 87.4. The van der Waals surface area contributed by atoms with Crippen LogP contribution in [0.2, 0.25) is 0 Å². The Labute approximate surface area is 185 Å². The summed E-state index contributed by atoms with van der Waals surface area (Å²) >= 11 is 0. The van der Waals surface area contributed by atoms with E-state index in [-0.39, 0.29) is 30.6 Å². The summed E-state index contributed by atoms with van der Waals surface area (Å²) in [6.07, 6.45) is -4.77. The van der Waals surface area contributed by atoms with E-state index in [1.165, 1.54) is 20.3 Å². The van der Waals surface area contributed by atoms with Gasteiger partial charge in [-0.05, 0) is 67.9 Å². The predicted octanol–water partition coefficient (Wildman–Crippen LogP) is 8.34. The number of hydrogen-bond acceptors (Lipinski definition) is 1. The average molecular weight is 461 g/mol. The Bertz CT molecular complexity index is 866. The Morgan fingerprint density at radius 2 is 1.28 bits per heavy atom. The maximum Gasteiger partial charge on any atom is 0.420 e. The van der Waals surface area contributed by atoms with Crippen LogP contribution in [0.5, 0.6) is 5.75 Å². The van der Waals surface area contributed by atoms with E-state index in [0.29, 0.717) is 0 Å². The molecule has 2 rings (SSSR count). The normalized spacial score (nSPS) is 12.3. The number of ether oxygens (including phenoxy) is 1. The highest BCUT2D eigenvalue weighted by Gasteiger charge is 2.47. The summed E-state index contributed by atoms with van der Waals surface area (Å²) in [4.78, 5) is 0. The molecule has 0 aromatic heterocycles. The van der Waals surface area contributed by atoms with Gasteiger partial charge in [-0.15, -0.1) is 0 Å². The molecular weight excluding hydrogens is 430 g/mol. The lowest BCUT2D eigenvalue weighted by Crippen LogP contribution is -2.22. The molecule has 2 aromatic carbocycles. The van der Waals surface area contributed by atoms with Crippen LogP contribution in [-0.2, 0) is 31.6 Å². The molecule has 0 radical (unpaired) electrons. The summed E-state index contributed by atoms with van der Waals surface area (Å²) in [5.74, 6) is -0.777. The molecule has 0 atom stereocenters. The molecule has 0 aliphatic heterocycles. The van der Waals surface area contributed by atoms with E-state index in [2.05, 4.69) is 6.92 Å². The van der Waals surface area contributed by atoms with Crippen LogP contribution < -0.4 is 4.74 Å². The van der Waals surface area contributed by atoms with Crippen molar-refractivity contribution in [2.75, 3.05) is 6.61 Å². The molecule has 0 saturated carbocycles. The van der Waals surface area contributed by atoms with E-state index in [0.717, 1.165) is 42.9 Å². The summed E-state index contributed by atoms with van der Waals surface area (Å²) in [6, 6.07) is 8.64. The third kappa shape index (κ3) is 6.91. The molecule has 0 unspecified atom stereocenters. The van der Waals surface area contributed by atoms with Crippen molar-refractivity contribution in [3.05, 3.63) is 63.7 Å². The number of unbranched alkanes of at least 4 members (excludes halogenated alkanes) is 3. The van der Waals surface area contributed by atoms with Crippen molar-refractivity contribution < 1.29 is 31.1 Å². The molecule has 0 saturated heterocycles. The number of alkyl halides is 6. The zero-order valence-electron chi connectivity index (χ0n) is 18.7. The topological polar surface area (TPSA) is 9.23 Å². The van der Waals surface area contributed by atoms with Crippen LogP contribution >= 0.6 is 0 Å². The second kappa shape index (κ2) is 11.1. The van der Waals surface area contributed by atoms with Crippen LogP contribution in [-0.4, -0.2) is 6.61 Å². The number of hydrogen-bond donors (Lipinski definition) is 0. The zero-order valence-corrected chi connectivity index (χ0v) is 18.7. The van der Waals surface area contributed by atoms with E-state index in [1.807, 2.05) is 24.3 Å². The predicted molar refractivity (Wildman–Crippen MR) is 114 cm³/mol. The third-order valence-electron chi connectivity index (χ3n) is 5.49. The minimum Gasteiger partial charge on any atom is -0.493 e. The van der Waals surface area contributed by atoms with E-state index >= 15 is 0 Å². The number of aryl methyl sites for hydroxylation is 3. The fourth-order valence-corrected chi connectivity index (χ4v) is 3.91. The van der Waals surface area contributed by atoms with E-state index in [1.54, 1.807) is 0 Å². The van der Waals surface area contributed by atoms with E-state index in [4.69, 9.17) is 4.74 Å². The quantitative estimate of drug-likeness (QED) is 0.256. The van der Waals surface area contributed by atoms with Crippen LogP contribution in [0.15, 0.2) is 30.3 Å². The Morgan fingerprint density at radius 3 is 1.78 bits per heavy atom. The van der Waals surface area contributed by atoms with Crippen molar-refractivity contribution in [3.63, 3.8) is 0 Å². The SMILES string of the molecule is CCCCCCc1ccc(CCc2c(C)cc(OCC)c(C(F)(F)F)c2C(F)(F)F)cc1. The minimum atomic E-state index is -5.18. The summed E-state index contributed by atoms with van der Waals surface area (Å²) in [5.41, 5.74) is -1.64. The molecule has 0 aliphatic rings. The van der Waals surface area contributed by atoms with Gasteiger partial charge in [0.2, 0.25) is 0 Å². The molecule has 2 aromatic rings. The van der Waals surface area contributed by atoms with Crippen LogP contribution in [0.4, 0.5) is 26.3 Å². The van der Waals surface area contributed by atoms with Gasteiger partial charge in [-0.3, -0.25) is 0 Å². The summed E-state index contributed by atoms with van der Waals surface area (Å²) in [6.45, 7) is 4.81. The number of halogens is 6. The Hall–Kier alpha value is -2.18. The fourth-order valence-electron chi connectivity index (χ4n) is 3.91. The highest BCUT2D eigenvalue weighted by atomic mass is 19.4. The van der Waals surface area contributed by atoms with Crippen LogP contribution in [0.3, 0.4) is 0 Å². The molecule has 7 heteroatoms. The zero-order chi connectivity index (χ0) is 23.9. The van der Waals surface area contributed by atoms with Crippen LogP contribution in [0.1, 0.15) is 72.9 Å². The first-order chi connectivity index (χ1) is 15.0. The molecule has 32 heavy (non-hydrogen) atoms. The summed E-state index contributed by atoms with van der Waals surface area (Å²) in [7, 11) is 0. The molecule has 1 nitrogen and oxygen atoms in total. The van der Waals surface area contributed by atoms with Gasteiger partial charge < -0.3 is 4.74 Å². The van der Waals surface area contributed by atoms with E-state index in [9.17, 15) is 26.3 Å². The van der Waals surface area contributed by atoms with Gasteiger partial charge in [0.1, 0.15) is 11.3 Å². The first-order valence-electron chi connectivity index (χ1n) is 11.0. The van der Waals surface area contributed by atoms with Gasteiger partial charge >= 0.3 is 12.4 Å². The van der Waals surface area contributed by atoms with Gasteiger partial charge in [-0.2, -0.15) is 26.3 Å². The first-order valence-corrected chi connectivity index (χ1v) is 11.0. The largest absolute Gasteiger partial charge is 0.493 e. The Kier molecular flexibility index (Phi) is 9.05. The molecule has 0 heterocycles. The van der Waals surface area contributed by atoms with Gasteiger partial charge in [-0.25, -0.2) is 0 Å². The standard InChI is InChI=1S/C25H30F6O/c1-4-6-7-8-9-18-10-12-19(13-11-18)14-15-20-17(3)16-21(32-5-2)23(25(29,30)31)22(20)24(26,27)28/h10-13,16H,4-9,14-15H2,1-3H3. The van der Waals surface area contributed by atoms with Gasteiger partial charge in [-0.1, -0.05) is 50.5 Å². The minimum absolute atomic E-state index is 0.140. The molecule has 0 aliphatic carbocycles. The summed E-state index contributed by atoms with van der Waals surface area (Å²) in [5, 5.41) is 0. The highest BCUT2D eigenvalue weighted by Crippen LogP contribution is 2.47. The molecular formula is C25H30F6O. The number of benzene rings is 2. The van der Waals surface area contributed by atoms with Gasteiger partial charge in [0.15, 0.2) is 0 Å². The van der Waals surface area contributed by atoms with Gasteiger partial charge in [0.25, 0.3) is 0 Å². The van der Waals surface area contributed by atoms with Gasteiger partial charge in [0.05, 0.1) is 12.2 Å². The molecule has 0 spiro atoms. The Morgan fingerprint density at radius 1 is 0.719 bits per heavy atom. The lowest BCUT2D eigenvalue weighted by atomic mass is 9.90. The molecule has 178 valence electrons. The smallest absolute Gasteiger partial charge is 0.420 e. The van der Waals surface area contributed by atoms with Crippen LogP contribution in [0.25, 0.3) is 0 Å². The van der Waals surface area contributed by atoms with Crippen molar-refractivity contribution in [2.24, 2.45) is 0 Å². The maximum atomic E-state index is 13.8. The number of rotatable bonds is 10.